The molecule has 2 aromatic heterocycles. The fraction of sp³-hybridized carbons (Fsp3) is 0.600. The molecule has 0 radical (unpaired) electrons. The van der Waals surface area contributed by atoms with Crippen molar-refractivity contribution < 1.29 is 9.53 Å². The molecule has 2 aromatic rings. The van der Waals surface area contributed by atoms with Crippen LogP contribution in [0.5, 0.6) is 0 Å². The van der Waals surface area contributed by atoms with Crippen LogP contribution in [0, 0.1) is 0 Å². The first-order chi connectivity index (χ1) is 12.4. The van der Waals surface area contributed by atoms with Crippen LogP contribution in [-0.4, -0.2) is 45.8 Å². The summed E-state index contributed by atoms with van der Waals surface area (Å²) in [5.41, 5.74) is 1.74. The number of ether oxygens (including phenoxy) is 1. The highest BCUT2D eigenvalue weighted by atomic mass is 16.6. The van der Waals surface area contributed by atoms with Gasteiger partial charge in [0.05, 0.1) is 11.6 Å². The van der Waals surface area contributed by atoms with E-state index in [0.717, 1.165) is 55.8 Å². The van der Waals surface area contributed by atoms with E-state index in [2.05, 4.69) is 29.3 Å². The predicted octanol–water partition coefficient (Wildman–Crippen LogP) is 4.01. The standard InChI is InChI=1S/C20H28N4O2/c1-20(2,3)26-19(25)23-12-5-4-7-17(23)15-13-16-8-9-18(21-24(16)14-15)22-10-6-11-22/h8-9,13-14,17H,4-7,10-12H2,1-3H3. The van der Waals surface area contributed by atoms with Crippen molar-refractivity contribution in [2.24, 2.45) is 0 Å². The fourth-order valence-electron chi connectivity index (χ4n) is 3.72. The molecule has 0 bridgehead atoms. The number of piperidine rings is 1. The highest BCUT2D eigenvalue weighted by Crippen LogP contribution is 2.33. The molecule has 26 heavy (non-hydrogen) atoms. The summed E-state index contributed by atoms with van der Waals surface area (Å²) in [5.74, 6) is 1.03. The van der Waals surface area contributed by atoms with E-state index >= 15 is 0 Å². The van der Waals surface area contributed by atoms with E-state index in [4.69, 9.17) is 9.84 Å². The van der Waals surface area contributed by atoms with Crippen molar-refractivity contribution in [3.63, 3.8) is 0 Å². The zero-order valence-electron chi connectivity index (χ0n) is 15.9. The topological polar surface area (TPSA) is 50.1 Å². The minimum absolute atomic E-state index is 0.0627. The molecule has 0 saturated carbocycles. The molecule has 0 aromatic carbocycles. The Balaban J connectivity index is 1.60. The van der Waals surface area contributed by atoms with Gasteiger partial charge in [0.2, 0.25) is 0 Å². The van der Waals surface area contributed by atoms with E-state index in [9.17, 15) is 4.79 Å². The second-order valence-electron chi connectivity index (χ2n) is 8.36. The molecule has 2 aliphatic rings. The third-order valence-corrected chi connectivity index (χ3v) is 5.16. The van der Waals surface area contributed by atoms with Gasteiger partial charge in [0.1, 0.15) is 11.4 Å². The Morgan fingerprint density at radius 1 is 1.15 bits per heavy atom. The fourth-order valence-corrected chi connectivity index (χ4v) is 3.72. The SMILES string of the molecule is CC(C)(C)OC(=O)N1CCCCC1c1cc2ccc(N3CCC3)nn2c1. The Labute approximate surface area is 154 Å². The molecule has 1 unspecified atom stereocenters. The smallest absolute Gasteiger partial charge is 0.410 e. The van der Waals surface area contributed by atoms with Gasteiger partial charge < -0.3 is 14.5 Å². The molecule has 4 heterocycles. The molecule has 1 amide bonds. The monoisotopic (exact) mass is 356 g/mol. The van der Waals surface area contributed by atoms with Gasteiger partial charge >= 0.3 is 6.09 Å². The molecule has 140 valence electrons. The first-order valence-corrected chi connectivity index (χ1v) is 9.65. The van der Waals surface area contributed by atoms with Crippen LogP contribution in [0.3, 0.4) is 0 Å². The second-order valence-corrected chi connectivity index (χ2v) is 8.36. The molecule has 2 saturated heterocycles. The normalized spacial score (nSPS) is 21.0. The van der Waals surface area contributed by atoms with Gasteiger partial charge in [-0.3, -0.25) is 0 Å². The van der Waals surface area contributed by atoms with E-state index in [1.807, 2.05) is 30.2 Å². The number of rotatable bonds is 2. The summed E-state index contributed by atoms with van der Waals surface area (Å²) in [6.07, 6.45) is 6.22. The summed E-state index contributed by atoms with van der Waals surface area (Å²) in [4.78, 5) is 16.9. The molecule has 2 fully saturated rings. The third kappa shape index (κ3) is 3.37. The summed E-state index contributed by atoms with van der Waals surface area (Å²) in [7, 11) is 0. The molecule has 2 aliphatic heterocycles. The maximum Gasteiger partial charge on any atom is 0.410 e. The highest BCUT2D eigenvalue weighted by Gasteiger charge is 2.32. The number of likely N-dealkylation sites (tertiary alicyclic amines) is 1. The largest absolute Gasteiger partial charge is 0.444 e. The molecule has 0 aliphatic carbocycles. The Morgan fingerprint density at radius 3 is 2.65 bits per heavy atom. The van der Waals surface area contributed by atoms with E-state index in [1.165, 1.54) is 6.42 Å². The molecule has 4 rings (SSSR count). The van der Waals surface area contributed by atoms with Gasteiger partial charge in [0, 0.05) is 25.8 Å². The van der Waals surface area contributed by atoms with Gasteiger partial charge in [-0.1, -0.05) is 0 Å². The lowest BCUT2D eigenvalue weighted by molar-refractivity contribution is 0.00952. The van der Waals surface area contributed by atoms with E-state index in [1.54, 1.807) is 0 Å². The predicted molar refractivity (Wildman–Crippen MR) is 102 cm³/mol. The maximum atomic E-state index is 12.7. The van der Waals surface area contributed by atoms with Crippen molar-refractivity contribution in [2.75, 3.05) is 24.5 Å². The van der Waals surface area contributed by atoms with Crippen LogP contribution in [0.2, 0.25) is 0 Å². The summed E-state index contributed by atoms with van der Waals surface area (Å²) < 4.78 is 7.58. The lowest BCUT2D eigenvalue weighted by Crippen LogP contribution is -2.41. The molecule has 0 spiro atoms. The van der Waals surface area contributed by atoms with Crippen molar-refractivity contribution in [1.82, 2.24) is 14.5 Å². The van der Waals surface area contributed by atoms with Crippen molar-refractivity contribution in [3.05, 3.63) is 30.0 Å². The number of fused-ring (bicyclic) bond motifs is 1. The number of carbonyl (C=O) groups is 1. The first kappa shape index (κ1) is 17.2. The van der Waals surface area contributed by atoms with E-state index in [-0.39, 0.29) is 12.1 Å². The number of aromatic nitrogens is 2. The number of nitrogens with zero attached hydrogens (tertiary/aromatic N) is 4. The lowest BCUT2D eigenvalue weighted by Gasteiger charge is -2.36. The van der Waals surface area contributed by atoms with Crippen LogP contribution in [0.15, 0.2) is 24.4 Å². The van der Waals surface area contributed by atoms with Crippen LogP contribution < -0.4 is 4.90 Å². The van der Waals surface area contributed by atoms with Crippen LogP contribution in [0.25, 0.3) is 5.52 Å². The Kier molecular flexibility index (Phi) is 4.29. The highest BCUT2D eigenvalue weighted by molar-refractivity contribution is 5.69. The number of carbonyl (C=O) groups excluding carboxylic acids is 1. The Hall–Kier alpha value is -2.24. The average Bonchev–Trinajstić information content (AvgIpc) is 2.95. The van der Waals surface area contributed by atoms with Gasteiger partial charge in [-0.25, -0.2) is 9.31 Å². The molecule has 1 atom stereocenters. The zero-order valence-corrected chi connectivity index (χ0v) is 15.9. The minimum Gasteiger partial charge on any atom is -0.444 e. The quantitative estimate of drug-likeness (QED) is 0.816. The van der Waals surface area contributed by atoms with Gasteiger partial charge in [-0.05, 0) is 70.2 Å². The minimum atomic E-state index is -0.474. The number of amides is 1. The number of hydrogen-bond donors (Lipinski definition) is 0. The van der Waals surface area contributed by atoms with E-state index in [0.29, 0.717) is 0 Å². The number of anilines is 1. The zero-order chi connectivity index (χ0) is 18.3. The molecule has 6 nitrogen and oxygen atoms in total. The number of hydrogen-bond acceptors (Lipinski definition) is 4. The molecular weight excluding hydrogens is 328 g/mol. The van der Waals surface area contributed by atoms with Crippen LogP contribution in [0.4, 0.5) is 10.6 Å². The summed E-state index contributed by atoms with van der Waals surface area (Å²) in [5, 5.41) is 4.75. The van der Waals surface area contributed by atoms with Crippen LogP contribution in [-0.2, 0) is 4.74 Å². The molecule has 6 heteroatoms. The summed E-state index contributed by atoms with van der Waals surface area (Å²) >= 11 is 0. The third-order valence-electron chi connectivity index (χ3n) is 5.16. The van der Waals surface area contributed by atoms with Crippen molar-refractivity contribution in [1.29, 1.82) is 0 Å². The van der Waals surface area contributed by atoms with Crippen LogP contribution in [0.1, 0.15) is 58.1 Å². The van der Waals surface area contributed by atoms with Gasteiger partial charge in [-0.15, -0.1) is 0 Å². The summed E-state index contributed by atoms with van der Waals surface area (Å²) in [6, 6.07) is 6.42. The van der Waals surface area contributed by atoms with Crippen molar-refractivity contribution in [2.45, 2.75) is 58.1 Å². The maximum absolute atomic E-state index is 12.7. The summed E-state index contributed by atoms with van der Waals surface area (Å²) in [6.45, 7) is 8.66. The van der Waals surface area contributed by atoms with Gasteiger partial charge in [-0.2, -0.15) is 5.10 Å². The van der Waals surface area contributed by atoms with Crippen molar-refractivity contribution >= 4 is 17.4 Å². The first-order valence-electron chi connectivity index (χ1n) is 9.65. The molecule has 0 N–H and O–H groups in total. The Morgan fingerprint density at radius 2 is 1.96 bits per heavy atom. The Bertz CT molecular complexity index is 804. The average molecular weight is 356 g/mol. The van der Waals surface area contributed by atoms with E-state index < -0.39 is 5.60 Å². The van der Waals surface area contributed by atoms with Crippen LogP contribution >= 0.6 is 0 Å². The second kappa shape index (κ2) is 6.49. The van der Waals surface area contributed by atoms with Gasteiger partial charge in [0.25, 0.3) is 0 Å². The lowest BCUT2D eigenvalue weighted by atomic mass is 9.97. The van der Waals surface area contributed by atoms with Gasteiger partial charge in [0.15, 0.2) is 0 Å². The van der Waals surface area contributed by atoms with Crippen molar-refractivity contribution in [3.8, 4) is 0 Å². The molecular formula is C20H28N4O2.